The Morgan fingerprint density at radius 2 is 1.64 bits per heavy atom. The third-order valence-electron chi connectivity index (χ3n) is 3.43. The first kappa shape index (κ1) is 21.5. The Labute approximate surface area is 162 Å². The van der Waals surface area contributed by atoms with Gasteiger partial charge in [-0.25, -0.2) is 26.8 Å². The van der Waals surface area contributed by atoms with E-state index in [4.69, 9.17) is 14.6 Å². The van der Waals surface area contributed by atoms with E-state index in [-0.39, 0.29) is 33.5 Å². The molecule has 0 atom stereocenters. The molecule has 0 aliphatic heterocycles. The van der Waals surface area contributed by atoms with E-state index < -0.39 is 26.1 Å². The number of hydrogen-bond acceptors (Lipinski definition) is 7. The van der Waals surface area contributed by atoms with Gasteiger partial charge in [-0.15, -0.1) is 0 Å². The van der Waals surface area contributed by atoms with Crippen LogP contribution in [-0.2, 0) is 24.8 Å². The van der Waals surface area contributed by atoms with Gasteiger partial charge in [0.25, 0.3) is 10.0 Å². The molecule has 0 bridgehead atoms. The van der Waals surface area contributed by atoms with Crippen LogP contribution in [0.1, 0.15) is 6.92 Å². The van der Waals surface area contributed by atoms with Crippen molar-refractivity contribution < 1.29 is 31.1 Å². The summed E-state index contributed by atoms with van der Waals surface area (Å²) >= 11 is 0. The number of primary sulfonamides is 1. The topological polar surface area (TPSA) is 154 Å². The molecule has 0 fully saturated rings. The van der Waals surface area contributed by atoms with Crippen molar-refractivity contribution in [2.45, 2.75) is 16.7 Å². The Morgan fingerprint density at radius 3 is 2.18 bits per heavy atom. The zero-order valence-electron chi connectivity index (χ0n) is 15.0. The van der Waals surface area contributed by atoms with E-state index in [0.717, 1.165) is 0 Å². The number of methoxy groups -OCH3 is 1. The van der Waals surface area contributed by atoms with Crippen LogP contribution in [0.25, 0.3) is 0 Å². The number of amides is 1. The van der Waals surface area contributed by atoms with Crippen molar-refractivity contribution in [1.82, 2.24) is 0 Å². The molecule has 28 heavy (non-hydrogen) atoms. The second kappa shape index (κ2) is 8.46. The summed E-state index contributed by atoms with van der Waals surface area (Å²) < 4.78 is 59.9. The number of rotatable bonds is 7. The van der Waals surface area contributed by atoms with Gasteiger partial charge in [-0.3, -0.25) is 10.0 Å². The van der Waals surface area contributed by atoms with Crippen LogP contribution in [-0.4, -0.2) is 36.6 Å². The van der Waals surface area contributed by atoms with Gasteiger partial charge in [-0.2, -0.15) is 0 Å². The van der Waals surface area contributed by atoms with Crippen LogP contribution < -0.4 is 19.9 Å². The Morgan fingerprint density at radius 1 is 1.04 bits per heavy atom. The average Bonchev–Trinajstić information content (AvgIpc) is 2.61. The summed E-state index contributed by atoms with van der Waals surface area (Å²) in [7, 11) is -6.56. The molecule has 2 aromatic rings. The third kappa shape index (κ3) is 5.34. The lowest BCUT2D eigenvalue weighted by atomic mass is 10.3. The Bertz CT molecular complexity index is 1070. The number of nitrogens with two attached hydrogens (primary N) is 1. The fraction of sp³-hybridized carbons (Fsp3) is 0.188. The molecule has 0 saturated heterocycles. The van der Waals surface area contributed by atoms with Crippen molar-refractivity contribution >= 4 is 37.5 Å². The van der Waals surface area contributed by atoms with Crippen LogP contribution >= 0.6 is 0 Å². The molecular weight excluding hydrogens is 410 g/mol. The zero-order valence-corrected chi connectivity index (χ0v) is 16.6. The Balaban J connectivity index is 2.30. The Hall–Kier alpha value is -2.83. The highest BCUT2D eigenvalue weighted by Crippen LogP contribution is 2.28. The minimum Gasteiger partial charge on any atom is -0.495 e. The van der Waals surface area contributed by atoms with E-state index in [1.54, 1.807) is 6.92 Å². The van der Waals surface area contributed by atoms with E-state index in [1.807, 2.05) is 0 Å². The molecule has 2 rings (SSSR count). The molecule has 0 radical (unpaired) electrons. The molecule has 0 aliphatic rings. The largest absolute Gasteiger partial charge is 0.495 e. The van der Waals surface area contributed by atoms with Crippen molar-refractivity contribution in [1.29, 1.82) is 0 Å². The van der Waals surface area contributed by atoms with Crippen LogP contribution in [0.4, 0.5) is 16.2 Å². The number of ether oxygens (including phenoxy) is 2. The van der Waals surface area contributed by atoms with Gasteiger partial charge in [-0.05, 0) is 49.4 Å². The minimum atomic E-state index is -4.04. The molecule has 12 heteroatoms. The SMILES string of the molecule is CCOC(=O)Nc1cc(S(=O)(=O)Nc2ccc(S(N)(=O)=O)cc2)ccc1OC. The molecule has 4 N–H and O–H groups in total. The summed E-state index contributed by atoms with van der Waals surface area (Å²) in [6.45, 7) is 1.77. The number of benzene rings is 2. The summed E-state index contributed by atoms with van der Waals surface area (Å²) in [6, 6.07) is 8.74. The van der Waals surface area contributed by atoms with E-state index >= 15 is 0 Å². The molecule has 0 unspecified atom stereocenters. The zero-order chi connectivity index (χ0) is 20.9. The van der Waals surface area contributed by atoms with Gasteiger partial charge in [-0.1, -0.05) is 0 Å². The fourth-order valence-electron chi connectivity index (χ4n) is 2.16. The lowest BCUT2D eigenvalue weighted by Crippen LogP contribution is -2.16. The lowest BCUT2D eigenvalue weighted by Gasteiger charge is -2.13. The van der Waals surface area contributed by atoms with Crippen LogP contribution in [0.2, 0.25) is 0 Å². The Kier molecular flexibility index (Phi) is 6.48. The maximum Gasteiger partial charge on any atom is 0.411 e. The summed E-state index contributed by atoms with van der Waals surface area (Å²) in [4.78, 5) is 11.3. The average molecular weight is 429 g/mol. The number of hydrogen-bond donors (Lipinski definition) is 3. The van der Waals surface area contributed by atoms with Crippen LogP contribution in [0.3, 0.4) is 0 Å². The van der Waals surface area contributed by atoms with Gasteiger partial charge < -0.3 is 9.47 Å². The van der Waals surface area contributed by atoms with Crippen molar-refractivity contribution in [2.75, 3.05) is 23.8 Å². The molecule has 0 aromatic heterocycles. The molecule has 0 aliphatic carbocycles. The highest BCUT2D eigenvalue weighted by Gasteiger charge is 2.18. The number of anilines is 2. The van der Waals surface area contributed by atoms with Crippen LogP contribution in [0.15, 0.2) is 52.3 Å². The maximum atomic E-state index is 12.6. The van der Waals surface area contributed by atoms with Gasteiger partial charge in [0.2, 0.25) is 10.0 Å². The summed E-state index contributed by atoms with van der Waals surface area (Å²) in [5, 5.41) is 7.41. The van der Waals surface area contributed by atoms with E-state index in [2.05, 4.69) is 10.0 Å². The molecule has 152 valence electrons. The third-order valence-corrected chi connectivity index (χ3v) is 5.74. The molecule has 0 saturated carbocycles. The fourth-order valence-corrected chi connectivity index (χ4v) is 3.76. The smallest absolute Gasteiger partial charge is 0.411 e. The molecule has 0 heterocycles. The molecule has 2 aromatic carbocycles. The number of carbonyl (C=O) groups excluding carboxylic acids is 1. The predicted octanol–water partition coefficient (Wildman–Crippen LogP) is 1.71. The van der Waals surface area contributed by atoms with E-state index in [0.29, 0.717) is 0 Å². The summed E-state index contributed by atoms with van der Waals surface area (Å²) in [6.07, 6.45) is -0.762. The molecule has 10 nitrogen and oxygen atoms in total. The first-order valence-corrected chi connectivity index (χ1v) is 10.9. The van der Waals surface area contributed by atoms with E-state index in [1.165, 1.54) is 49.6 Å². The van der Waals surface area contributed by atoms with Gasteiger partial charge in [0.1, 0.15) is 5.75 Å². The quantitative estimate of drug-likeness (QED) is 0.605. The van der Waals surface area contributed by atoms with Crippen LogP contribution in [0.5, 0.6) is 5.75 Å². The standard InChI is InChI=1S/C16H19N3O7S2/c1-3-26-16(20)18-14-10-13(8-9-15(14)25-2)28(23,24)19-11-4-6-12(7-5-11)27(17,21)22/h4-10,19H,3H2,1-2H3,(H,18,20)(H2,17,21,22). The van der Waals surface area contributed by atoms with Crippen LogP contribution in [0, 0.1) is 0 Å². The molecule has 0 spiro atoms. The second-order valence-corrected chi connectivity index (χ2v) is 8.63. The predicted molar refractivity (Wildman–Crippen MR) is 102 cm³/mol. The first-order valence-electron chi connectivity index (χ1n) is 7.84. The lowest BCUT2D eigenvalue weighted by molar-refractivity contribution is 0.168. The van der Waals surface area contributed by atoms with Gasteiger partial charge >= 0.3 is 6.09 Å². The molecular formula is C16H19N3O7S2. The van der Waals surface area contributed by atoms with Gasteiger partial charge in [0.05, 0.1) is 29.2 Å². The number of nitrogens with one attached hydrogen (secondary N) is 2. The monoisotopic (exact) mass is 429 g/mol. The molecule has 1 amide bonds. The highest BCUT2D eigenvalue weighted by atomic mass is 32.2. The van der Waals surface area contributed by atoms with Gasteiger partial charge in [0.15, 0.2) is 0 Å². The normalized spacial score (nSPS) is 11.5. The van der Waals surface area contributed by atoms with Crippen molar-refractivity contribution in [3.63, 3.8) is 0 Å². The number of sulfonamides is 2. The number of carbonyl (C=O) groups is 1. The highest BCUT2D eigenvalue weighted by molar-refractivity contribution is 7.92. The summed E-state index contributed by atoms with van der Waals surface area (Å²) in [5.41, 5.74) is 0.233. The minimum absolute atomic E-state index is 0.105. The van der Waals surface area contributed by atoms with Crippen molar-refractivity contribution in [3.8, 4) is 5.75 Å². The summed E-state index contributed by atoms with van der Waals surface area (Å²) in [5.74, 6) is 0.240. The van der Waals surface area contributed by atoms with Gasteiger partial charge in [0, 0.05) is 5.69 Å². The van der Waals surface area contributed by atoms with Crippen molar-refractivity contribution in [3.05, 3.63) is 42.5 Å². The second-order valence-electron chi connectivity index (χ2n) is 5.38. The maximum absolute atomic E-state index is 12.6. The van der Waals surface area contributed by atoms with E-state index in [9.17, 15) is 21.6 Å². The van der Waals surface area contributed by atoms with Crippen molar-refractivity contribution in [2.24, 2.45) is 5.14 Å². The first-order chi connectivity index (χ1) is 13.1.